The molecule has 1 saturated carbocycles. The van der Waals surface area contributed by atoms with E-state index in [4.69, 9.17) is 4.74 Å². The maximum atomic E-state index is 13.8. The molecule has 9 nitrogen and oxygen atoms in total. The highest BCUT2D eigenvalue weighted by molar-refractivity contribution is 9.10. The van der Waals surface area contributed by atoms with E-state index in [1.165, 1.54) is 4.90 Å². The maximum Gasteiger partial charge on any atom is 0.407 e. The zero-order valence-electron chi connectivity index (χ0n) is 23.8. The highest BCUT2D eigenvalue weighted by Gasteiger charge is 2.38. The van der Waals surface area contributed by atoms with Crippen molar-refractivity contribution in [3.63, 3.8) is 0 Å². The fourth-order valence-corrected chi connectivity index (χ4v) is 6.04. The molecule has 3 amide bonds. The van der Waals surface area contributed by atoms with E-state index in [2.05, 4.69) is 37.9 Å². The lowest BCUT2D eigenvalue weighted by molar-refractivity contribution is -0.147. The third-order valence-corrected chi connectivity index (χ3v) is 8.74. The molecule has 0 bridgehead atoms. The molecule has 2 aromatic rings. The van der Waals surface area contributed by atoms with E-state index in [1.54, 1.807) is 18.7 Å². The van der Waals surface area contributed by atoms with Gasteiger partial charge in [-0.05, 0) is 69.4 Å². The summed E-state index contributed by atoms with van der Waals surface area (Å²) >= 11 is 3.49. The summed E-state index contributed by atoms with van der Waals surface area (Å²) in [4.78, 5) is 45.6. The topological polar surface area (TPSA) is 93.6 Å². The number of carbonyl (C=O) groups excluding carboxylic acids is 2. The summed E-state index contributed by atoms with van der Waals surface area (Å²) < 4.78 is 7.26. The maximum absolute atomic E-state index is 13.8. The molecule has 1 atom stereocenters. The van der Waals surface area contributed by atoms with Gasteiger partial charge >= 0.3 is 6.09 Å². The number of benzene rings is 2. The van der Waals surface area contributed by atoms with E-state index < -0.39 is 11.7 Å². The summed E-state index contributed by atoms with van der Waals surface area (Å²) in [7, 11) is 0. The molecule has 220 valence electrons. The Morgan fingerprint density at radius 1 is 0.976 bits per heavy atom. The highest BCUT2D eigenvalue weighted by atomic mass is 79.9. The molecular weight excluding hydrogens is 588 g/mol. The molecule has 0 spiro atoms. The van der Waals surface area contributed by atoms with Crippen molar-refractivity contribution >= 4 is 39.5 Å². The molecule has 0 unspecified atom stereocenters. The number of amides is 3. The van der Waals surface area contributed by atoms with Crippen LogP contribution in [0, 0.1) is 5.92 Å². The second-order valence-corrected chi connectivity index (χ2v) is 12.7. The number of piperazine rings is 1. The van der Waals surface area contributed by atoms with Gasteiger partial charge in [0, 0.05) is 68.1 Å². The molecule has 5 rings (SSSR count). The first kappa shape index (κ1) is 29.2. The highest BCUT2D eigenvalue weighted by Crippen LogP contribution is 2.33. The molecule has 0 aromatic heterocycles. The Labute approximate surface area is 250 Å². The van der Waals surface area contributed by atoms with E-state index in [0.29, 0.717) is 51.1 Å². The minimum Gasteiger partial charge on any atom is -0.478 e. The van der Waals surface area contributed by atoms with E-state index in [9.17, 15) is 19.5 Å². The van der Waals surface area contributed by atoms with Crippen molar-refractivity contribution in [3.05, 3.63) is 58.6 Å². The molecule has 2 aromatic carbocycles. The van der Waals surface area contributed by atoms with E-state index in [1.807, 2.05) is 36.4 Å². The Kier molecular flexibility index (Phi) is 8.77. The zero-order valence-corrected chi connectivity index (χ0v) is 25.4. The van der Waals surface area contributed by atoms with Crippen LogP contribution in [0.25, 0.3) is 0 Å². The summed E-state index contributed by atoms with van der Waals surface area (Å²) in [5.41, 5.74) is 1.01. The predicted molar refractivity (Wildman–Crippen MR) is 160 cm³/mol. The van der Waals surface area contributed by atoms with Gasteiger partial charge in [-0.3, -0.25) is 9.59 Å². The van der Waals surface area contributed by atoms with Crippen molar-refractivity contribution < 1.29 is 24.2 Å². The van der Waals surface area contributed by atoms with E-state index in [-0.39, 0.29) is 17.7 Å². The van der Waals surface area contributed by atoms with Crippen molar-refractivity contribution in [2.45, 2.75) is 57.7 Å². The van der Waals surface area contributed by atoms with Crippen molar-refractivity contribution in [3.8, 4) is 5.75 Å². The van der Waals surface area contributed by atoms with Gasteiger partial charge in [0.1, 0.15) is 5.75 Å². The van der Waals surface area contributed by atoms with Crippen LogP contribution in [0.1, 0.15) is 45.1 Å². The number of anilines is 1. The SMILES string of the molecule is CC(C)(Oc1cccc(N2CCC[C@H](C(=O)N(Cc3ccc(Br)cc3)C3CC3)C2)c1)C(=O)N1CCN(C(=O)O)CC1. The number of hydrogen-bond donors (Lipinski definition) is 1. The summed E-state index contributed by atoms with van der Waals surface area (Å²) in [5, 5.41) is 9.19. The van der Waals surface area contributed by atoms with Crippen LogP contribution in [-0.2, 0) is 16.1 Å². The van der Waals surface area contributed by atoms with Crippen molar-refractivity contribution in [1.29, 1.82) is 0 Å². The number of carbonyl (C=O) groups is 3. The first-order valence-corrected chi connectivity index (χ1v) is 15.3. The second kappa shape index (κ2) is 12.3. The Bertz CT molecular complexity index is 1260. The fourth-order valence-electron chi connectivity index (χ4n) is 5.77. The van der Waals surface area contributed by atoms with Crippen LogP contribution in [0.3, 0.4) is 0 Å². The molecule has 1 aliphatic carbocycles. The average molecular weight is 628 g/mol. The lowest BCUT2D eigenvalue weighted by Crippen LogP contribution is -2.56. The Hall–Kier alpha value is -3.27. The van der Waals surface area contributed by atoms with Gasteiger partial charge in [-0.2, -0.15) is 0 Å². The molecule has 41 heavy (non-hydrogen) atoms. The molecule has 2 aliphatic heterocycles. The van der Waals surface area contributed by atoms with Gasteiger partial charge in [0.05, 0.1) is 5.92 Å². The van der Waals surface area contributed by atoms with Crippen molar-refractivity contribution in [1.82, 2.24) is 14.7 Å². The number of piperidine rings is 1. The summed E-state index contributed by atoms with van der Waals surface area (Å²) in [5.74, 6) is 0.602. The molecular formula is C31H39BrN4O5. The van der Waals surface area contributed by atoms with Gasteiger partial charge in [0.2, 0.25) is 5.91 Å². The lowest BCUT2D eigenvalue weighted by Gasteiger charge is -2.38. The Morgan fingerprint density at radius 3 is 2.32 bits per heavy atom. The molecule has 10 heteroatoms. The number of hydrogen-bond acceptors (Lipinski definition) is 5. The molecule has 2 heterocycles. The molecule has 0 radical (unpaired) electrons. The summed E-state index contributed by atoms with van der Waals surface area (Å²) in [6.07, 6.45) is 3.00. The van der Waals surface area contributed by atoms with Crippen LogP contribution in [0.2, 0.25) is 0 Å². The smallest absolute Gasteiger partial charge is 0.407 e. The van der Waals surface area contributed by atoms with Crippen LogP contribution in [-0.4, -0.2) is 88.6 Å². The number of rotatable bonds is 8. The Morgan fingerprint density at radius 2 is 1.66 bits per heavy atom. The Balaban J connectivity index is 1.22. The third kappa shape index (κ3) is 7.15. The fraction of sp³-hybridized carbons (Fsp3) is 0.516. The van der Waals surface area contributed by atoms with Gasteiger partial charge in [-0.15, -0.1) is 0 Å². The minimum absolute atomic E-state index is 0.0631. The quantitative estimate of drug-likeness (QED) is 0.451. The number of halogens is 1. The van der Waals surface area contributed by atoms with Crippen molar-refractivity contribution in [2.24, 2.45) is 5.92 Å². The first-order valence-electron chi connectivity index (χ1n) is 14.5. The summed E-state index contributed by atoms with van der Waals surface area (Å²) in [6.45, 7) is 6.94. The van der Waals surface area contributed by atoms with Crippen LogP contribution >= 0.6 is 15.9 Å². The van der Waals surface area contributed by atoms with Crippen LogP contribution < -0.4 is 9.64 Å². The number of carboxylic acid groups (broad SMARTS) is 1. The zero-order chi connectivity index (χ0) is 29.1. The van der Waals surface area contributed by atoms with Crippen LogP contribution in [0.4, 0.5) is 10.5 Å². The minimum atomic E-state index is -1.11. The van der Waals surface area contributed by atoms with E-state index >= 15 is 0 Å². The lowest BCUT2D eigenvalue weighted by atomic mass is 9.95. The third-order valence-electron chi connectivity index (χ3n) is 8.22. The number of nitrogens with zero attached hydrogens (tertiary/aromatic N) is 4. The van der Waals surface area contributed by atoms with Crippen LogP contribution in [0.15, 0.2) is 53.0 Å². The number of ether oxygens (including phenoxy) is 1. The standard InChI is InChI=1S/C31H39BrN4O5/c1-31(2,29(38)33-15-17-34(18-16-33)30(39)40)41-27-7-3-6-26(19-27)35-14-4-5-23(21-35)28(37)36(25-12-13-25)20-22-8-10-24(32)11-9-22/h3,6-11,19,23,25H,4-5,12-18,20-21H2,1-2H3,(H,39,40)/t23-/m0/s1. The van der Waals surface area contributed by atoms with Crippen LogP contribution in [0.5, 0.6) is 5.75 Å². The van der Waals surface area contributed by atoms with Gasteiger partial charge < -0.3 is 29.4 Å². The molecule has 3 aliphatic rings. The monoisotopic (exact) mass is 626 g/mol. The molecule has 3 fully saturated rings. The van der Waals surface area contributed by atoms with E-state index in [0.717, 1.165) is 48.0 Å². The normalized spacial score (nSPS) is 19.6. The molecule has 1 N–H and O–H groups in total. The van der Waals surface area contributed by atoms with Gasteiger partial charge in [-0.1, -0.05) is 34.1 Å². The largest absolute Gasteiger partial charge is 0.478 e. The predicted octanol–water partition coefficient (Wildman–Crippen LogP) is 4.84. The van der Waals surface area contributed by atoms with Gasteiger partial charge in [0.25, 0.3) is 5.91 Å². The average Bonchev–Trinajstić information content (AvgIpc) is 3.82. The van der Waals surface area contributed by atoms with Gasteiger partial charge in [-0.25, -0.2) is 4.79 Å². The first-order chi connectivity index (χ1) is 19.6. The van der Waals surface area contributed by atoms with Crippen molar-refractivity contribution in [2.75, 3.05) is 44.2 Å². The molecule has 2 saturated heterocycles. The second-order valence-electron chi connectivity index (χ2n) is 11.8. The van der Waals surface area contributed by atoms with Gasteiger partial charge in [0.15, 0.2) is 5.60 Å². The summed E-state index contributed by atoms with van der Waals surface area (Å²) in [6, 6.07) is 16.3.